The van der Waals surface area contributed by atoms with Crippen LogP contribution in [0.15, 0.2) is 54.6 Å². The first-order valence-corrected chi connectivity index (χ1v) is 9.62. The van der Waals surface area contributed by atoms with Crippen molar-refractivity contribution in [2.24, 2.45) is 0 Å². The third kappa shape index (κ3) is 4.26. The third-order valence-electron chi connectivity index (χ3n) is 4.62. The predicted octanol–water partition coefficient (Wildman–Crippen LogP) is 3.59. The summed E-state index contributed by atoms with van der Waals surface area (Å²) < 4.78 is 17.5. The van der Waals surface area contributed by atoms with Gasteiger partial charge in [-0.15, -0.1) is 0 Å². The van der Waals surface area contributed by atoms with Crippen LogP contribution in [-0.4, -0.2) is 40.4 Å². The van der Waals surface area contributed by atoms with Crippen molar-refractivity contribution in [3.8, 4) is 0 Å². The minimum Gasteiger partial charge on any atom is -0.344 e. The molecule has 6 heteroatoms. The predicted molar refractivity (Wildman–Crippen MR) is 103 cm³/mol. The van der Waals surface area contributed by atoms with Crippen molar-refractivity contribution in [2.75, 3.05) is 31.1 Å². The summed E-state index contributed by atoms with van der Waals surface area (Å²) in [5.74, 6) is 0.595. The molecule has 0 atom stereocenters. The first-order chi connectivity index (χ1) is 12.8. The van der Waals surface area contributed by atoms with Crippen LogP contribution < -0.4 is 4.90 Å². The lowest BCUT2D eigenvalue weighted by Gasteiger charge is -2.34. The maximum atomic E-state index is 13.0. The maximum Gasteiger partial charge on any atom is 0.205 e. The Morgan fingerprint density at radius 3 is 2.35 bits per heavy atom. The maximum absolute atomic E-state index is 13.0. The Hall–Kier alpha value is -2.31. The van der Waals surface area contributed by atoms with E-state index < -0.39 is 0 Å². The van der Waals surface area contributed by atoms with Crippen LogP contribution in [0.4, 0.5) is 9.52 Å². The lowest BCUT2D eigenvalue weighted by molar-refractivity contribution is 0.250. The summed E-state index contributed by atoms with van der Waals surface area (Å²) >= 11 is 1.46. The summed E-state index contributed by atoms with van der Waals surface area (Å²) in [4.78, 5) is 9.47. The molecule has 1 aliphatic rings. The van der Waals surface area contributed by atoms with Crippen molar-refractivity contribution in [1.82, 2.24) is 14.3 Å². The molecule has 1 aliphatic heterocycles. The van der Waals surface area contributed by atoms with Gasteiger partial charge in [0.05, 0.1) is 0 Å². The van der Waals surface area contributed by atoms with Gasteiger partial charge in [-0.05, 0) is 23.3 Å². The van der Waals surface area contributed by atoms with Crippen molar-refractivity contribution >= 4 is 16.7 Å². The van der Waals surface area contributed by atoms with Gasteiger partial charge in [0.25, 0.3) is 0 Å². The SMILES string of the molecule is Fc1ccc(Cc2nsc(N3CCN(Cc4ccccc4)CC3)n2)cc1. The normalized spacial score (nSPS) is 15.3. The zero-order valence-corrected chi connectivity index (χ0v) is 15.3. The highest BCUT2D eigenvalue weighted by atomic mass is 32.1. The molecule has 0 aliphatic carbocycles. The van der Waals surface area contributed by atoms with Crippen LogP contribution >= 0.6 is 11.5 Å². The molecule has 0 radical (unpaired) electrons. The molecule has 1 fully saturated rings. The molecule has 0 unspecified atom stereocenters. The van der Waals surface area contributed by atoms with Gasteiger partial charge in [0, 0.05) is 50.7 Å². The van der Waals surface area contributed by atoms with E-state index in [1.807, 2.05) is 0 Å². The zero-order valence-electron chi connectivity index (χ0n) is 14.5. The Kier molecular flexibility index (Phi) is 5.22. The fraction of sp³-hybridized carbons (Fsp3) is 0.300. The number of aromatic nitrogens is 2. The number of nitrogens with zero attached hydrogens (tertiary/aromatic N) is 4. The van der Waals surface area contributed by atoms with Crippen LogP contribution in [0.2, 0.25) is 0 Å². The Morgan fingerprint density at radius 1 is 0.885 bits per heavy atom. The van der Waals surface area contributed by atoms with Crippen LogP contribution in [-0.2, 0) is 13.0 Å². The zero-order chi connectivity index (χ0) is 17.8. The number of rotatable bonds is 5. The monoisotopic (exact) mass is 368 g/mol. The van der Waals surface area contributed by atoms with E-state index in [0.29, 0.717) is 6.42 Å². The van der Waals surface area contributed by atoms with Gasteiger partial charge < -0.3 is 4.90 Å². The van der Waals surface area contributed by atoms with E-state index in [-0.39, 0.29) is 5.82 Å². The Balaban J connectivity index is 1.32. The summed E-state index contributed by atoms with van der Waals surface area (Å²) in [6.07, 6.45) is 0.644. The molecule has 0 N–H and O–H groups in total. The van der Waals surface area contributed by atoms with Gasteiger partial charge in [-0.3, -0.25) is 4.90 Å². The van der Waals surface area contributed by atoms with Crippen LogP contribution in [0.1, 0.15) is 17.0 Å². The standard InChI is InChI=1S/C20H21FN4S/c21-18-8-6-16(7-9-18)14-19-22-20(26-23-19)25-12-10-24(11-13-25)15-17-4-2-1-3-5-17/h1-9H,10-15H2. The first-order valence-electron chi connectivity index (χ1n) is 8.84. The van der Waals surface area contributed by atoms with E-state index in [0.717, 1.165) is 49.2 Å². The van der Waals surface area contributed by atoms with Gasteiger partial charge in [-0.1, -0.05) is 42.5 Å². The highest BCUT2D eigenvalue weighted by Crippen LogP contribution is 2.21. The van der Waals surface area contributed by atoms with E-state index in [1.54, 1.807) is 12.1 Å². The van der Waals surface area contributed by atoms with Crippen LogP contribution in [0.3, 0.4) is 0 Å². The molecule has 0 spiro atoms. The summed E-state index contributed by atoms with van der Waals surface area (Å²) in [6.45, 7) is 5.00. The highest BCUT2D eigenvalue weighted by Gasteiger charge is 2.20. The van der Waals surface area contributed by atoms with Crippen molar-refractivity contribution in [1.29, 1.82) is 0 Å². The molecule has 1 saturated heterocycles. The molecular formula is C20H21FN4S. The molecule has 0 saturated carbocycles. The summed E-state index contributed by atoms with van der Waals surface area (Å²) in [5, 5.41) is 0.987. The minimum atomic E-state index is -0.214. The summed E-state index contributed by atoms with van der Waals surface area (Å²) in [7, 11) is 0. The number of halogens is 1. The third-order valence-corrected chi connectivity index (χ3v) is 5.44. The van der Waals surface area contributed by atoms with Crippen LogP contribution in [0, 0.1) is 5.82 Å². The van der Waals surface area contributed by atoms with Crippen LogP contribution in [0.25, 0.3) is 0 Å². The van der Waals surface area contributed by atoms with Gasteiger partial charge in [-0.25, -0.2) is 9.37 Å². The second-order valence-corrected chi connectivity index (χ2v) is 7.28. The average Bonchev–Trinajstić information content (AvgIpc) is 3.14. The largest absolute Gasteiger partial charge is 0.344 e. The fourth-order valence-corrected chi connectivity index (χ4v) is 3.91. The van der Waals surface area contributed by atoms with Crippen molar-refractivity contribution in [3.63, 3.8) is 0 Å². The smallest absolute Gasteiger partial charge is 0.205 e. The van der Waals surface area contributed by atoms with Gasteiger partial charge in [0.1, 0.15) is 11.6 Å². The van der Waals surface area contributed by atoms with Gasteiger partial charge in [-0.2, -0.15) is 4.37 Å². The van der Waals surface area contributed by atoms with Gasteiger partial charge >= 0.3 is 0 Å². The van der Waals surface area contributed by atoms with Crippen molar-refractivity contribution in [3.05, 3.63) is 77.4 Å². The van der Waals surface area contributed by atoms with Crippen molar-refractivity contribution in [2.45, 2.75) is 13.0 Å². The molecule has 1 aromatic heterocycles. The lowest BCUT2D eigenvalue weighted by Crippen LogP contribution is -2.45. The second kappa shape index (κ2) is 7.93. The molecule has 0 amide bonds. The van der Waals surface area contributed by atoms with E-state index in [2.05, 4.69) is 49.5 Å². The van der Waals surface area contributed by atoms with Gasteiger partial charge in [0.2, 0.25) is 5.13 Å². The Labute approximate surface area is 157 Å². The topological polar surface area (TPSA) is 32.3 Å². The lowest BCUT2D eigenvalue weighted by atomic mass is 10.1. The van der Waals surface area contributed by atoms with E-state index >= 15 is 0 Å². The van der Waals surface area contributed by atoms with E-state index in [9.17, 15) is 4.39 Å². The summed E-state index contributed by atoms with van der Waals surface area (Å²) in [6, 6.07) is 17.1. The number of piperazine rings is 1. The molecule has 26 heavy (non-hydrogen) atoms. The first kappa shape index (κ1) is 17.1. The Morgan fingerprint density at radius 2 is 1.62 bits per heavy atom. The number of anilines is 1. The van der Waals surface area contributed by atoms with Crippen molar-refractivity contribution < 1.29 is 4.39 Å². The molecule has 3 aromatic rings. The van der Waals surface area contributed by atoms with Gasteiger partial charge in [0.15, 0.2) is 0 Å². The molecule has 2 aromatic carbocycles. The molecule has 134 valence electrons. The van der Waals surface area contributed by atoms with Crippen LogP contribution in [0.5, 0.6) is 0 Å². The number of benzene rings is 2. The molecular weight excluding hydrogens is 347 g/mol. The molecule has 4 nitrogen and oxygen atoms in total. The second-order valence-electron chi connectivity index (χ2n) is 6.55. The minimum absolute atomic E-state index is 0.214. The van der Waals surface area contributed by atoms with E-state index in [4.69, 9.17) is 0 Å². The fourth-order valence-electron chi connectivity index (χ4n) is 3.17. The number of hydrogen-bond donors (Lipinski definition) is 0. The molecule has 4 rings (SSSR count). The summed E-state index contributed by atoms with van der Waals surface area (Å²) in [5.41, 5.74) is 2.39. The molecule has 0 bridgehead atoms. The Bertz CT molecular complexity index is 827. The average molecular weight is 368 g/mol. The molecule has 2 heterocycles. The number of hydrogen-bond acceptors (Lipinski definition) is 5. The highest BCUT2D eigenvalue weighted by molar-refractivity contribution is 7.09. The van der Waals surface area contributed by atoms with E-state index in [1.165, 1.54) is 29.2 Å². The quantitative estimate of drug-likeness (QED) is 0.689.